The molecule has 2 aromatic rings. The number of benzene rings is 1. The van der Waals surface area contributed by atoms with Gasteiger partial charge in [0.15, 0.2) is 0 Å². The average Bonchev–Trinajstić information content (AvgIpc) is 2.88. The molecule has 0 saturated heterocycles. The molecule has 0 spiro atoms. The zero-order chi connectivity index (χ0) is 13.9. The van der Waals surface area contributed by atoms with Crippen LogP contribution in [0.5, 0.6) is 0 Å². The normalized spacial score (nSPS) is 12.5. The van der Waals surface area contributed by atoms with Gasteiger partial charge in [0.1, 0.15) is 0 Å². The van der Waals surface area contributed by atoms with Gasteiger partial charge in [-0.3, -0.25) is 0 Å². The first-order valence-corrected chi connectivity index (χ1v) is 6.53. The van der Waals surface area contributed by atoms with Crippen LogP contribution in [0.2, 0.25) is 0 Å². The summed E-state index contributed by atoms with van der Waals surface area (Å²) in [6.45, 7) is 3.32. The summed E-state index contributed by atoms with van der Waals surface area (Å²) in [5.74, 6) is 0. The van der Waals surface area contributed by atoms with Crippen molar-refractivity contribution in [2.45, 2.75) is 13.5 Å². The van der Waals surface area contributed by atoms with E-state index >= 15 is 0 Å². The van der Waals surface area contributed by atoms with Crippen molar-refractivity contribution in [2.24, 2.45) is 5.41 Å². The Morgan fingerprint density at radius 3 is 2.63 bits per heavy atom. The number of nitrogens with zero attached hydrogens (tertiary/aromatic N) is 1. The van der Waals surface area contributed by atoms with Crippen molar-refractivity contribution in [3.63, 3.8) is 0 Å². The van der Waals surface area contributed by atoms with E-state index in [1.54, 1.807) is 0 Å². The van der Waals surface area contributed by atoms with Crippen LogP contribution in [0.4, 0.5) is 0 Å². The number of rotatable bonds is 6. The topological polar surface area (TPSA) is 59.5 Å². The van der Waals surface area contributed by atoms with Crippen LogP contribution in [0.1, 0.15) is 12.5 Å². The minimum absolute atomic E-state index is 0.0117. The molecule has 1 aromatic heterocycles. The lowest BCUT2D eigenvalue weighted by Crippen LogP contribution is -2.38. The van der Waals surface area contributed by atoms with E-state index in [1.807, 2.05) is 26.2 Å². The fourth-order valence-corrected chi connectivity index (χ4v) is 2.44. The number of nitrogens with one attached hydrogen (secondary N) is 1. The van der Waals surface area contributed by atoms with Gasteiger partial charge in [-0.05, 0) is 24.7 Å². The molecule has 0 saturated carbocycles. The van der Waals surface area contributed by atoms with Crippen molar-refractivity contribution < 1.29 is 10.2 Å². The van der Waals surface area contributed by atoms with Crippen LogP contribution in [0.15, 0.2) is 30.5 Å². The van der Waals surface area contributed by atoms with Crippen LogP contribution in [0.3, 0.4) is 0 Å². The van der Waals surface area contributed by atoms with Crippen molar-refractivity contribution in [3.8, 4) is 0 Å². The third-order valence-corrected chi connectivity index (χ3v) is 3.54. The molecule has 1 heterocycles. The molecule has 0 aliphatic heterocycles. The molecule has 3 N–H and O–H groups in total. The lowest BCUT2D eigenvalue weighted by atomic mass is 9.92. The number of aliphatic hydroxyl groups is 2. The molecule has 19 heavy (non-hydrogen) atoms. The lowest BCUT2D eigenvalue weighted by Gasteiger charge is -2.30. The summed E-state index contributed by atoms with van der Waals surface area (Å²) >= 11 is 0. The highest BCUT2D eigenvalue weighted by Gasteiger charge is 2.24. The first-order valence-electron chi connectivity index (χ1n) is 6.53. The maximum Gasteiger partial charge on any atom is 0.0519 e. The van der Waals surface area contributed by atoms with Gasteiger partial charge in [-0.15, -0.1) is 0 Å². The molecule has 0 atom stereocenters. The molecule has 0 bridgehead atoms. The van der Waals surface area contributed by atoms with E-state index in [1.165, 1.54) is 10.9 Å². The number of fused-ring (bicyclic) bond motifs is 1. The quantitative estimate of drug-likeness (QED) is 0.741. The van der Waals surface area contributed by atoms with Gasteiger partial charge in [-0.25, -0.2) is 0 Å². The van der Waals surface area contributed by atoms with Crippen LogP contribution in [-0.4, -0.2) is 46.9 Å². The summed E-state index contributed by atoms with van der Waals surface area (Å²) in [4.78, 5) is 5.34. The molecule has 0 unspecified atom stereocenters. The second kappa shape index (κ2) is 5.74. The van der Waals surface area contributed by atoms with Gasteiger partial charge in [-0.2, -0.15) is 0 Å². The minimum Gasteiger partial charge on any atom is -0.396 e. The van der Waals surface area contributed by atoms with E-state index in [9.17, 15) is 10.2 Å². The SMILES string of the molecule is CN(Cc1cccc2[nH]ccc12)CC(C)(CO)CO. The lowest BCUT2D eigenvalue weighted by molar-refractivity contribution is 0.0403. The summed E-state index contributed by atoms with van der Waals surface area (Å²) < 4.78 is 0. The molecule has 0 aliphatic carbocycles. The fraction of sp³-hybridized carbons (Fsp3) is 0.467. The van der Waals surface area contributed by atoms with Crippen molar-refractivity contribution in [2.75, 3.05) is 26.8 Å². The summed E-state index contributed by atoms with van der Waals surface area (Å²) in [6, 6.07) is 8.29. The van der Waals surface area contributed by atoms with Gasteiger partial charge in [0.2, 0.25) is 0 Å². The maximum atomic E-state index is 9.35. The van der Waals surface area contributed by atoms with Crippen molar-refractivity contribution >= 4 is 10.9 Å². The van der Waals surface area contributed by atoms with Crippen molar-refractivity contribution in [1.82, 2.24) is 9.88 Å². The van der Waals surface area contributed by atoms with Crippen molar-refractivity contribution in [3.05, 3.63) is 36.0 Å². The zero-order valence-corrected chi connectivity index (χ0v) is 11.6. The average molecular weight is 262 g/mol. The number of aromatic amines is 1. The highest BCUT2D eigenvalue weighted by Crippen LogP contribution is 2.21. The third kappa shape index (κ3) is 3.15. The Bertz CT molecular complexity index is 532. The van der Waals surface area contributed by atoms with Crippen LogP contribution < -0.4 is 0 Å². The monoisotopic (exact) mass is 262 g/mol. The Morgan fingerprint density at radius 1 is 1.21 bits per heavy atom. The number of aliphatic hydroxyl groups excluding tert-OH is 2. The molecule has 4 heteroatoms. The Hall–Kier alpha value is -1.36. The molecule has 0 radical (unpaired) electrons. The molecule has 0 fully saturated rings. The number of aromatic nitrogens is 1. The molecule has 4 nitrogen and oxygen atoms in total. The van der Waals surface area contributed by atoms with Crippen LogP contribution in [-0.2, 0) is 6.54 Å². The van der Waals surface area contributed by atoms with E-state index in [0.29, 0.717) is 6.54 Å². The van der Waals surface area contributed by atoms with E-state index in [4.69, 9.17) is 0 Å². The summed E-state index contributed by atoms with van der Waals surface area (Å²) in [5.41, 5.74) is 1.93. The Morgan fingerprint density at radius 2 is 1.95 bits per heavy atom. The largest absolute Gasteiger partial charge is 0.396 e. The Balaban J connectivity index is 2.10. The summed E-state index contributed by atoms with van der Waals surface area (Å²) in [7, 11) is 2.01. The van der Waals surface area contributed by atoms with Gasteiger partial charge < -0.3 is 20.1 Å². The number of hydrogen-bond acceptors (Lipinski definition) is 3. The van der Waals surface area contributed by atoms with Crippen LogP contribution in [0, 0.1) is 5.41 Å². The molecule has 2 rings (SSSR count). The summed E-state index contributed by atoms with van der Waals surface area (Å²) in [5, 5.41) is 19.9. The zero-order valence-electron chi connectivity index (χ0n) is 11.6. The van der Waals surface area contributed by atoms with Gasteiger partial charge in [0.05, 0.1) is 13.2 Å². The highest BCUT2D eigenvalue weighted by atomic mass is 16.3. The minimum atomic E-state index is -0.458. The Labute approximate surface area is 113 Å². The molecule has 0 aliphatic rings. The molecule has 104 valence electrons. The number of hydrogen-bond donors (Lipinski definition) is 3. The van der Waals surface area contributed by atoms with Gasteiger partial charge in [0.25, 0.3) is 0 Å². The molecule has 0 amide bonds. The van der Waals surface area contributed by atoms with Crippen molar-refractivity contribution in [1.29, 1.82) is 0 Å². The number of H-pyrrole nitrogens is 1. The first kappa shape index (κ1) is 14.1. The van der Waals surface area contributed by atoms with E-state index in [0.717, 1.165) is 12.1 Å². The third-order valence-electron chi connectivity index (χ3n) is 3.54. The molecule has 1 aromatic carbocycles. The van der Waals surface area contributed by atoms with Crippen LogP contribution >= 0.6 is 0 Å². The van der Waals surface area contributed by atoms with Gasteiger partial charge in [-0.1, -0.05) is 19.1 Å². The fourth-order valence-electron chi connectivity index (χ4n) is 2.44. The highest BCUT2D eigenvalue weighted by molar-refractivity contribution is 5.82. The predicted molar refractivity (Wildman–Crippen MR) is 76.9 cm³/mol. The van der Waals surface area contributed by atoms with E-state index in [-0.39, 0.29) is 13.2 Å². The molecular weight excluding hydrogens is 240 g/mol. The van der Waals surface area contributed by atoms with E-state index < -0.39 is 5.41 Å². The standard InChI is InChI=1S/C15H22N2O2/c1-15(10-18,11-19)9-17(2)8-12-4-3-5-14-13(12)6-7-16-14/h3-7,16,18-19H,8-11H2,1-2H3. The Kier molecular flexibility index (Phi) is 4.24. The van der Waals surface area contributed by atoms with Crippen LogP contribution in [0.25, 0.3) is 10.9 Å². The van der Waals surface area contributed by atoms with Gasteiger partial charge >= 0.3 is 0 Å². The molecular formula is C15H22N2O2. The second-order valence-corrected chi connectivity index (χ2v) is 5.66. The van der Waals surface area contributed by atoms with E-state index in [2.05, 4.69) is 28.1 Å². The first-order chi connectivity index (χ1) is 9.08. The van der Waals surface area contributed by atoms with Gasteiger partial charge in [0, 0.05) is 35.6 Å². The second-order valence-electron chi connectivity index (χ2n) is 5.66. The predicted octanol–water partition coefficient (Wildman–Crippen LogP) is 1.59. The summed E-state index contributed by atoms with van der Waals surface area (Å²) in [6.07, 6.45) is 1.94. The smallest absolute Gasteiger partial charge is 0.0519 e. The maximum absolute atomic E-state index is 9.35.